The molecule has 6 heteroatoms. The van der Waals surface area contributed by atoms with Crippen LogP contribution in [-0.2, 0) is 20.7 Å². The van der Waals surface area contributed by atoms with E-state index in [1.54, 1.807) is 4.90 Å². The first-order valence-corrected chi connectivity index (χ1v) is 10.2. The smallest absolute Gasteiger partial charge is 0.410 e. The lowest BCUT2D eigenvalue weighted by Gasteiger charge is -2.40. The Bertz CT molecular complexity index is 671. The standard InChI is InChI=1S/C22H32N2O4/c1-22(2,3)28-21(26)23-11-7-10-18(15-23)20(25)24-12-13-27-16-19(24)14-17-8-5-4-6-9-17/h4-6,8-9,18-19H,7,10-16H2,1-3H3/t18-,19?/m1/s1. The van der Waals surface area contributed by atoms with Crippen LogP contribution in [0.25, 0.3) is 0 Å². The zero-order valence-electron chi connectivity index (χ0n) is 17.2. The molecule has 2 saturated heterocycles. The highest BCUT2D eigenvalue weighted by Gasteiger charge is 2.36. The first-order chi connectivity index (χ1) is 13.3. The Balaban J connectivity index is 1.64. The Morgan fingerprint density at radius 2 is 1.93 bits per heavy atom. The van der Waals surface area contributed by atoms with Crippen molar-refractivity contribution >= 4 is 12.0 Å². The Hall–Kier alpha value is -2.08. The van der Waals surface area contributed by atoms with Gasteiger partial charge in [-0.15, -0.1) is 0 Å². The van der Waals surface area contributed by atoms with Crippen molar-refractivity contribution in [2.24, 2.45) is 5.92 Å². The minimum absolute atomic E-state index is 0.0422. The van der Waals surface area contributed by atoms with E-state index in [0.29, 0.717) is 32.8 Å². The molecule has 0 aromatic heterocycles. The molecule has 2 aliphatic heterocycles. The van der Waals surface area contributed by atoms with Gasteiger partial charge in [-0.3, -0.25) is 4.79 Å². The maximum absolute atomic E-state index is 13.3. The van der Waals surface area contributed by atoms with Crippen molar-refractivity contribution < 1.29 is 19.1 Å². The van der Waals surface area contributed by atoms with Gasteiger partial charge in [-0.05, 0) is 45.6 Å². The van der Waals surface area contributed by atoms with E-state index in [1.165, 1.54) is 5.56 Å². The lowest BCUT2D eigenvalue weighted by Crippen LogP contribution is -2.54. The quantitative estimate of drug-likeness (QED) is 0.798. The predicted octanol–water partition coefficient (Wildman–Crippen LogP) is 3.10. The number of amides is 2. The summed E-state index contributed by atoms with van der Waals surface area (Å²) >= 11 is 0. The van der Waals surface area contributed by atoms with Gasteiger partial charge in [0.25, 0.3) is 0 Å². The summed E-state index contributed by atoms with van der Waals surface area (Å²) < 4.78 is 11.2. The molecule has 0 radical (unpaired) electrons. The van der Waals surface area contributed by atoms with E-state index in [0.717, 1.165) is 19.3 Å². The molecule has 2 aliphatic rings. The third-order valence-electron chi connectivity index (χ3n) is 5.25. The number of piperidine rings is 1. The molecule has 6 nitrogen and oxygen atoms in total. The number of morpholine rings is 1. The van der Waals surface area contributed by atoms with Crippen molar-refractivity contribution in [1.29, 1.82) is 0 Å². The summed E-state index contributed by atoms with van der Waals surface area (Å²) in [4.78, 5) is 29.4. The van der Waals surface area contributed by atoms with Gasteiger partial charge in [-0.1, -0.05) is 30.3 Å². The van der Waals surface area contributed by atoms with Crippen LogP contribution in [0.5, 0.6) is 0 Å². The number of nitrogens with zero attached hydrogens (tertiary/aromatic N) is 2. The average Bonchev–Trinajstić information content (AvgIpc) is 2.67. The molecule has 2 fully saturated rings. The minimum atomic E-state index is -0.529. The largest absolute Gasteiger partial charge is 0.444 e. The third kappa shape index (κ3) is 5.47. The van der Waals surface area contributed by atoms with Crippen LogP contribution in [-0.4, -0.2) is 66.3 Å². The van der Waals surface area contributed by atoms with Crippen molar-refractivity contribution in [3.63, 3.8) is 0 Å². The maximum atomic E-state index is 13.3. The van der Waals surface area contributed by atoms with Crippen LogP contribution in [0, 0.1) is 5.92 Å². The molecule has 0 N–H and O–H groups in total. The summed E-state index contributed by atoms with van der Waals surface area (Å²) in [7, 11) is 0. The van der Waals surface area contributed by atoms with Gasteiger partial charge in [0.1, 0.15) is 5.60 Å². The number of rotatable bonds is 3. The number of carbonyl (C=O) groups is 2. The van der Waals surface area contributed by atoms with E-state index in [-0.39, 0.29) is 24.0 Å². The number of likely N-dealkylation sites (tertiary alicyclic amines) is 1. The molecule has 1 aromatic rings. The van der Waals surface area contributed by atoms with Gasteiger partial charge in [0.2, 0.25) is 5.91 Å². The number of benzene rings is 1. The number of carbonyl (C=O) groups excluding carboxylic acids is 2. The van der Waals surface area contributed by atoms with Crippen molar-refractivity contribution in [3.8, 4) is 0 Å². The van der Waals surface area contributed by atoms with Gasteiger partial charge in [0.05, 0.1) is 25.2 Å². The second kappa shape index (κ2) is 8.95. The topological polar surface area (TPSA) is 59.1 Å². The molecule has 2 atom stereocenters. The van der Waals surface area contributed by atoms with Crippen molar-refractivity contribution in [1.82, 2.24) is 9.80 Å². The normalized spacial score (nSPS) is 23.4. The number of hydrogen-bond donors (Lipinski definition) is 0. The third-order valence-corrected chi connectivity index (χ3v) is 5.25. The van der Waals surface area contributed by atoms with Crippen molar-refractivity contribution in [2.75, 3.05) is 32.8 Å². The summed E-state index contributed by atoms with van der Waals surface area (Å²) in [6.07, 6.45) is 2.10. The van der Waals surface area contributed by atoms with E-state index < -0.39 is 5.60 Å². The van der Waals surface area contributed by atoms with Crippen LogP contribution < -0.4 is 0 Å². The lowest BCUT2D eigenvalue weighted by molar-refractivity contribution is -0.145. The van der Waals surface area contributed by atoms with Gasteiger partial charge in [0, 0.05) is 19.6 Å². The van der Waals surface area contributed by atoms with E-state index >= 15 is 0 Å². The van der Waals surface area contributed by atoms with Gasteiger partial charge in [-0.2, -0.15) is 0 Å². The maximum Gasteiger partial charge on any atom is 0.410 e. The minimum Gasteiger partial charge on any atom is -0.444 e. The molecular formula is C22H32N2O4. The highest BCUT2D eigenvalue weighted by Crippen LogP contribution is 2.24. The summed E-state index contributed by atoms with van der Waals surface area (Å²) in [5, 5.41) is 0. The Morgan fingerprint density at radius 1 is 1.18 bits per heavy atom. The summed E-state index contributed by atoms with van der Waals surface area (Å²) in [5.41, 5.74) is 0.675. The van der Waals surface area contributed by atoms with Crippen molar-refractivity contribution in [3.05, 3.63) is 35.9 Å². The van der Waals surface area contributed by atoms with Crippen LogP contribution in [0.3, 0.4) is 0 Å². The Labute approximate surface area is 167 Å². The zero-order valence-corrected chi connectivity index (χ0v) is 17.2. The molecule has 0 saturated carbocycles. The van der Waals surface area contributed by atoms with Gasteiger partial charge in [0.15, 0.2) is 0 Å². The molecular weight excluding hydrogens is 356 g/mol. The monoisotopic (exact) mass is 388 g/mol. The number of hydrogen-bond acceptors (Lipinski definition) is 4. The van der Waals surface area contributed by atoms with Crippen LogP contribution in [0.4, 0.5) is 4.79 Å². The SMILES string of the molecule is CC(C)(C)OC(=O)N1CCC[C@@H](C(=O)N2CCOCC2Cc2ccccc2)C1. The Kier molecular flexibility index (Phi) is 6.60. The van der Waals surface area contributed by atoms with Crippen molar-refractivity contribution in [2.45, 2.75) is 51.7 Å². The molecule has 2 heterocycles. The summed E-state index contributed by atoms with van der Waals surface area (Å²) in [6, 6.07) is 10.2. The first-order valence-electron chi connectivity index (χ1n) is 10.2. The van der Waals surface area contributed by atoms with Crippen LogP contribution in [0.2, 0.25) is 0 Å². The second-order valence-electron chi connectivity index (χ2n) is 8.72. The lowest BCUT2D eigenvalue weighted by atomic mass is 9.95. The van der Waals surface area contributed by atoms with Gasteiger partial charge < -0.3 is 19.3 Å². The van der Waals surface area contributed by atoms with Crippen LogP contribution in [0.15, 0.2) is 30.3 Å². The molecule has 2 amide bonds. The molecule has 3 rings (SSSR count). The molecule has 154 valence electrons. The van der Waals surface area contributed by atoms with Crippen LogP contribution in [0.1, 0.15) is 39.2 Å². The fourth-order valence-electron chi connectivity index (χ4n) is 3.91. The van der Waals surface area contributed by atoms with E-state index in [9.17, 15) is 9.59 Å². The highest BCUT2D eigenvalue weighted by atomic mass is 16.6. The summed E-state index contributed by atoms with van der Waals surface area (Å²) in [6.45, 7) is 8.40. The predicted molar refractivity (Wildman–Crippen MR) is 107 cm³/mol. The zero-order chi connectivity index (χ0) is 20.1. The molecule has 0 aliphatic carbocycles. The average molecular weight is 389 g/mol. The molecule has 1 unspecified atom stereocenters. The fourth-order valence-corrected chi connectivity index (χ4v) is 3.91. The molecule has 1 aromatic carbocycles. The first kappa shape index (κ1) is 20.6. The van der Waals surface area contributed by atoms with Crippen LogP contribution >= 0.6 is 0 Å². The van der Waals surface area contributed by atoms with Gasteiger partial charge in [-0.25, -0.2) is 4.79 Å². The Morgan fingerprint density at radius 3 is 2.64 bits per heavy atom. The second-order valence-corrected chi connectivity index (χ2v) is 8.72. The van der Waals surface area contributed by atoms with E-state index in [4.69, 9.17) is 9.47 Å². The van der Waals surface area contributed by atoms with E-state index in [2.05, 4.69) is 12.1 Å². The molecule has 0 bridgehead atoms. The molecule has 28 heavy (non-hydrogen) atoms. The number of ether oxygens (including phenoxy) is 2. The van der Waals surface area contributed by atoms with E-state index in [1.807, 2.05) is 43.9 Å². The highest BCUT2D eigenvalue weighted by molar-refractivity contribution is 5.80. The fraction of sp³-hybridized carbons (Fsp3) is 0.636. The summed E-state index contributed by atoms with van der Waals surface area (Å²) in [5.74, 6) is -0.0323. The molecule has 0 spiro atoms. The van der Waals surface area contributed by atoms with Gasteiger partial charge >= 0.3 is 6.09 Å².